The Bertz CT molecular complexity index is 837. The van der Waals surface area contributed by atoms with Crippen LogP contribution in [0.25, 0.3) is 11.1 Å². The summed E-state index contributed by atoms with van der Waals surface area (Å²) in [4.78, 5) is 27.3. The van der Waals surface area contributed by atoms with E-state index in [1.54, 1.807) is 4.90 Å². The van der Waals surface area contributed by atoms with Gasteiger partial charge < -0.3 is 15.0 Å². The first-order chi connectivity index (χ1) is 14.1. The lowest BCUT2D eigenvalue weighted by molar-refractivity contribution is -0.144. The summed E-state index contributed by atoms with van der Waals surface area (Å²) in [5.41, 5.74) is 2.78. The Labute approximate surface area is 173 Å². The Morgan fingerprint density at radius 2 is 1.86 bits per heavy atom. The average Bonchev–Trinajstić information content (AvgIpc) is 2.75. The number of benzene rings is 2. The van der Waals surface area contributed by atoms with Crippen LogP contribution < -0.4 is 5.32 Å². The largest absolute Gasteiger partial charge is 0.375 e. The molecule has 2 aromatic carbocycles. The molecule has 0 saturated carbocycles. The van der Waals surface area contributed by atoms with Gasteiger partial charge in [-0.3, -0.25) is 9.59 Å². The van der Waals surface area contributed by atoms with Gasteiger partial charge in [0.2, 0.25) is 11.8 Å². The highest BCUT2D eigenvalue weighted by atomic mass is 16.5. The van der Waals surface area contributed by atoms with Gasteiger partial charge in [0.05, 0.1) is 5.41 Å². The van der Waals surface area contributed by atoms with Gasteiger partial charge in [-0.2, -0.15) is 0 Å². The molecule has 1 aliphatic heterocycles. The molecule has 1 heterocycles. The number of carbonyl (C=O) groups is 2. The van der Waals surface area contributed by atoms with Crippen molar-refractivity contribution in [3.8, 4) is 11.1 Å². The van der Waals surface area contributed by atoms with E-state index in [2.05, 4.69) is 35.6 Å². The van der Waals surface area contributed by atoms with Gasteiger partial charge in [0.15, 0.2) is 0 Å². The summed E-state index contributed by atoms with van der Waals surface area (Å²) in [6.45, 7) is 3.66. The molecule has 3 rings (SSSR count). The summed E-state index contributed by atoms with van der Waals surface area (Å²) in [7, 11) is 1.52. The molecule has 29 heavy (non-hydrogen) atoms. The van der Waals surface area contributed by atoms with Crippen LogP contribution in [0.3, 0.4) is 0 Å². The maximum absolute atomic E-state index is 13.1. The summed E-state index contributed by atoms with van der Waals surface area (Å²) in [5.74, 6) is -0.0288. The number of likely N-dealkylation sites (tertiary alicyclic amines) is 1. The van der Waals surface area contributed by atoms with Crippen LogP contribution in [0.4, 0.5) is 0 Å². The van der Waals surface area contributed by atoms with Crippen molar-refractivity contribution >= 4 is 11.8 Å². The summed E-state index contributed by atoms with van der Waals surface area (Å²) in [6, 6.07) is 18.6. The lowest BCUT2D eigenvalue weighted by Crippen LogP contribution is -2.55. The fourth-order valence-corrected chi connectivity index (χ4v) is 4.20. The van der Waals surface area contributed by atoms with Crippen LogP contribution in [0.15, 0.2) is 54.6 Å². The number of rotatable bonds is 7. The SMILES string of the molecule is CCNC(=O)[C@@]1(Cc2cccc(-c3ccccc3)c2)CCCN(C(=O)COC)C1. The molecule has 5 heteroatoms. The Hall–Kier alpha value is -2.66. The van der Waals surface area contributed by atoms with Gasteiger partial charge in [0.1, 0.15) is 6.61 Å². The molecular formula is C24H30N2O3. The van der Waals surface area contributed by atoms with E-state index >= 15 is 0 Å². The lowest BCUT2D eigenvalue weighted by Gasteiger charge is -2.42. The standard InChI is InChI=1S/C24H30N2O3/c1-3-25-23(28)24(13-8-14-26(18-24)22(27)17-29-2)16-19-9-7-12-21(15-19)20-10-5-4-6-11-20/h4-7,9-12,15H,3,8,13-14,16-18H2,1-2H3,(H,25,28)/t24-/m1/s1. The van der Waals surface area contributed by atoms with Gasteiger partial charge in [0.25, 0.3) is 0 Å². The number of nitrogens with zero attached hydrogens (tertiary/aromatic N) is 1. The predicted octanol–water partition coefficient (Wildman–Crippen LogP) is 3.29. The molecule has 1 aliphatic rings. The van der Waals surface area contributed by atoms with Crippen LogP contribution in [-0.2, 0) is 20.7 Å². The van der Waals surface area contributed by atoms with Gasteiger partial charge in [0, 0.05) is 26.7 Å². The van der Waals surface area contributed by atoms with Crippen molar-refractivity contribution in [1.29, 1.82) is 0 Å². The van der Waals surface area contributed by atoms with E-state index < -0.39 is 5.41 Å². The molecule has 1 fully saturated rings. The van der Waals surface area contributed by atoms with Crippen molar-refractivity contribution in [3.63, 3.8) is 0 Å². The van der Waals surface area contributed by atoms with E-state index in [4.69, 9.17) is 4.74 Å². The number of ether oxygens (including phenoxy) is 1. The molecule has 2 aromatic rings. The highest BCUT2D eigenvalue weighted by Crippen LogP contribution is 2.35. The van der Waals surface area contributed by atoms with Crippen molar-refractivity contribution in [2.24, 2.45) is 5.41 Å². The van der Waals surface area contributed by atoms with Crippen LogP contribution in [0.1, 0.15) is 25.3 Å². The maximum atomic E-state index is 13.1. The lowest BCUT2D eigenvalue weighted by atomic mass is 9.74. The second-order valence-electron chi connectivity index (χ2n) is 7.73. The van der Waals surface area contributed by atoms with E-state index in [-0.39, 0.29) is 18.4 Å². The summed E-state index contributed by atoms with van der Waals surface area (Å²) >= 11 is 0. The molecule has 0 aromatic heterocycles. The molecule has 0 bridgehead atoms. The van der Waals surface area contributed by atoms with Crippen LogP contribution >= 0.6 is 0 Å². The number of methoxy groups -OCH3 is 1. The number of hydrogen-bond donors (Lipinski definition) is 1. The van der Waals surface area contributed by atoms with Crippen LogP contribution in [0.2, 0.25) is 0 Å². The fourth-order valence-electron chi connectivity index (χ4n) is 4.20. The molecule has 0 unspecified atom stereocenters. The van der Waals surface area contributed by atoms with Crippen molar-refractivity contribution in [1.82, 2.24) is 10.2 Å². The topological polar surface area (TPSA) is 58.6 Å². The monoisotopic (exact) mass is 394 g/mol. The molecular weight excluding hydrogens is 364 g/mol. The van der Waals surface area contributed by atoms with E-state index in [9.17, 15) is 9.59 Å². The minimum Gasteiger partial charge on any atom is -0.375 e. The van der Waals surface area contributed by atoms with E-state index in [0.29, 0.717) is 26.1 Å². The zero-order valence-electron chi connectivity index (χ0n) is 17.3. The third kappa shape index (κ3) is 5.04. The minimum atomic E-state index is -0.618. The zero-order valence-corrected chi connectivity index (χ0v) is 17.3. The Morgan fingerprint density at radius 3 is 2.59 bits per heavy atom. The first kappa shape index (κ1) is 21.1. The predicted molar refractivity (Wildman–Crippen MR) is 114 cm³/mol. The average molecular weight is 395 g/mol. The smallest absolute Gasteiger partial charge is 0.248 e. The third-order valence-corrected chi connectivity index (χ3v) is 5.59. The van der Waals surface area contributed by atoms with Crippen molar-refractivity contribution in [3.05, 3.63) is 60.2 Å². The molecule has 1 atom stereocenters. The van der Waals surface area contributed by atoms with Crippen molar-refractivity contribution in [2.75, 3.05) is 33.4 Å². The number of piperidine rings is 1. The van der Waals surface area contributed by atoms with E-state index in [1.807, 2.05) is 31.2 Å². The van der Waals surface area contributed by atoms with Gasteiger partial charge >= 0.3 is 0 Å². The highest BCUT2D eigenvalue weighted by molar-refractivity contribution is 5.85. The summed E-state index contributed by atoms with van der Waals surface area (Å²) in [6.07, 6.45) is 2.19. The van der Waals surface area contributed by atoms with Crippen LogP contribution in [0.5, 0.6) is 0 Å². The van der Waals surface area contributed by atoms with Crippen molar-refractivity contribution < 1.29 is 14.3 Å². The third-order valence-electron chi connectivity index (χ3n) is 5.59. The molecule has 1 saturated heterocycles. The molecule has 154 valence electrons. The molecule has 0 spiro atoms. The quantitative estimate of drug-likeness (QED) is 0.784. The second-order valence-corrected chi connectivity index (χ2v) is 7.73. The fraction of sp³-hybridized carbons (Fsp3) is 0.417. The molecule has 2 amide bonds. The van der Waals surface area contributed by atoms with E-state index in [0.717, 1.165) is 29.5 Å². The summed E-state index contributed by atoms with van der Waals surface area (Å²) in [5, 5.41) is 3.01. The van der Waals surface area contributed by atoms with Crippen LogP contribution in [-0.4, -0.2) is 50.1 Å². The number of carbonyl (C=O) groups excluding carboxylic acids is 2. The second kappa shape index (κ2) is 9.70. The van der Waals surface area contributed by atoms with Crippen molar-refractivity contribution in [2.45, 2.75) is 26.2 Å². The minimum absolute atomic E-state index is 0.0278. The van der Waals surface area contributed by atoms with Gasteiger partial charge in [-0.05, 0) is 42.9 Å². The van der Waals surface area contributed by atoms with Gasteiger partial charge in [-0.25, -0.2) is 0 Å². The first-order valence-corrected chi connectivity index (χ1v) is 10.3. The number of nitrogens with one attached hydrogen (secondary N) is 1. The Kier molecular flexibility index (Phi) is 7.04. The Morgan fingerprint density at radius 1 is 1.10 bits per heavy atom. The highest BCUT2D eigenvalue weighted by Gasteiger charge is 2.43. The van der Waals surface area contributed by atoms with Gasteiger partial charge in [-0.1, -0.05) is 54.6 Å². The van der Waals surface area contributed by atoms with E-state index in [1.165, 1.54) is 7.11 Å². The number of amides is 2. The Balaban J connectivity index is 1.88. The molecule has 0 aliphatic carbocycles. The first-order valence-electron chi connectivity index (χ1n) is 10.3. The molecule has 5 nitrogen and oxygen atoms in total. The summed E-state index contributed by atoms with van der Waals surface area (Å²) < 4.78 is 5.02. The molecule has 0 radical (unpaired) electrons. The normalized spacial score (nSPS) is 19.0. The molecule has 1 N–H and O–H groups in total. The maximum Gasteiger partial charge on any atom is 0.248 e. The number of hydrogen-bond acceptors (Lipinski definition) is 3. The van der Waals surface area contributed by atoms with Gasteiger partial charge in [-0.15, -0.1) is 0 Å². The van der Waals surface area contributed by atoms with Crippen LogP contribution in [0, 0.1) is 5.41 Å². The zero-order chi connectivity index (χ0) is 20.7.